The molecule has 0 rings (SSSR count). The molecule has 0 amide bonds. The van der Waals surface area contributed by atoms with E-state index in [2.05, 4.69) is 93.7 Å². The number of unbranched alkanes of at least 4 members (excludes halogenated alkanes) is 22. The van der Waals surface area contributed by atoms with Crippen molar-refractivity contribution in [1.29, 1.82) is 0 Å². The molecule has 0 spiro atoms. The van der Waals surface area contributed by atoms with E-state index in [9.17, 15) is 14.4 Å². The van der Waals surface area contributed by atoms with Crippen LogP contribution in [0.15, 0.2) is 72.9 Å². The van der Waals surface area contributed by atoms with Crippen molar-refractivity contribution in [3.63, 3.8) is 0 Å². The Bertz CT molecular complexity index is 1160. The third-order valence-corrected chi connectivity index (χ3v) is 10.7. The van der Waals surface area contributed by atoms with E-state index in [0.29, 0.717) is 19.3 Å². The summed E-state index contributed by atoms with van der Waals surface area (Å²) in [4.78, 5) is 37.9. The number of hydrogen-bond donors (Lipinski definition) is 0. The van der Waals surface area contributed by atoms with Crippen LogP contribution in [0.4, 0.5) is 0 Å². The van der Waals surface area contributed by atoms with Gasteiger partial charge in [0.25, 0.3) is 0 Å². The molecule has 6 heteroatoms. The molecule has 0 aromatic carbocycles. The zero-order valence-corrected chi connectivity index (χ0v) is 39.9. The Morgan fingerprint density at radius 3 is 1.07 bits per heavy atom. The first-order valence-electron chi connectivity index (χ1n) is 25.4. The predicted molar refractivity (Wildman–Crippen MR) is 261 cm³/mol. The molecule has 0 aromatic rings. The van der Waals surface area contributed by atoms with Gasteiger partial charge in [-0.1, -0.05) is 209 Å². The van der Waals surface area contributed by atoms with Gasteiger partial charge in [-0.2, -0.15) is 0 Å². The Hall–Kier alpha value is -3.15. The largest absolute Gasteiger partial charge is 0.462 e. The van der Waals surface area contributed by atoms with Gasteiger partial charge in [-0.05, 0) is 83.5 Å². The summed E-state index contributed by atoms with van der Waals surface area (Å²) in [5.41, 5.74) is 0. The molecule has 0 saturated heterocycles. The molecular formula is C55H94O6. The minimum absolute atomic E-state index is 0.0990. The lowest BCUT2D eigenvalue weighted by Crippen LogP contribution is -2.30. The summed E-state index contributed by atoms with van der Waals surface area (Å²) in [6.07, 6.45) is 61.8. The lowest BCUT2D eigenvalue weighted by atomic mass is 10.0. The van der Waals surface area contributed by atoms with E-state index in [4.69, 9.17) is 14.2 Å². The Morgan fingerprint density at radius 1 is 0.344 bits per heavy atom. The Balaban J connectivity index is 4.48. The molecular weight excluding hydrogens is 757 g/mol. The van der Waals surface area contributed by atoms with Crippen LogP contribution < -0.4 is 0 Å². The van der Waals surface area contributed by atoms with Crippen LogP contribution in [0, 0.1) is 0 Å². The zero-order valence-electron chi connectivity index (χ0n) is 39.9. The second kappa shape index (κ2) is 49.5. The fraction of sp³-hybridized carbons (Fsp3) is 0.727. The summed E-state index contributed by atoms with van der Waals surface area (Å²) >= 11 is 0. The molecule has 0 aromatic heterocycles. The fourth-order valence-electron chi connectivity index (χ4n) is 6.88. The average Bonchev–Trinajstić information content (AvgIpc) is 3.26. The summed E-state index contributed by atoms with van der Waals surface area (Å²) in [5.74, 6) is -0.976. The van der Waals surface area contributed by atoms with Crippen LogP contribution >= 0.6 is 0 Å². The van der Waals surface area contributed by atoms with Crippen molar-refractivity contribution in [3.05, 3.63) is 72.9 Å². The molecule has 0 aliphatic carbocycles. The first-order chi connectivity index (χ1) is 30.0. The number of hydrogen-bond acceptors (Lipinski definition) is 6. The van der Waals surface area contributed by atoms with E-state index in [1.165, 1.54) is 103 Å². The van der Waals surface area contributed by atoms with Crippen molar-refractivity contribution in [3.8, 4) is 0 Å². The van der Waals surface area contributed by atoms with Gasteiger partial charge in [-0.15, -0.1) is 0 Å². The van der Waals surface area contributed by atoms with Crippen LogP contribution in [-0.2, 0) is 28.6 Å². The first-order valence-corrected chi connectivity index (χ1v) is 25.4. The zero-order chi connectivity index (χ0) is 44.4. The van der Waals surface area contributed by atoms with Gasteiger partial charge in [0.2, 0.25) is 0 Å². The van der Waals surface area contributed by atoms with Gasteiger partial charge in [0.1, 0.15) is 13.2 Å². The van der Waals surface area contributed by atoms with Crippen molar-refractivity contribution in [2.75, 3.05) is 13.2 Å². The van der Waals surface area contributed by atoms with Crippen molar-refractivity contribution >= 4 is 17.9 Å². The molecule has 350 valence electrons. The molecule has 1 atom stereocenters. The van der Waals surface area contributed by atoms with E-state index in [-0.39, 0.29) is 37.5 Å². The third kappa shape index (κ3) is 47.7. The molecule has 0 aliphatic rings. The Kier molecular flexibility index (Phi) is 46.9. The molecule has 0 N–H and O–H groups in total. The van der Waals surface area contributed by atoms with Crippen LogP contribution in [0.5, 0.6) is 0 Å². The molecule has 0 saturated carbocycles. The van der Waals surface area contributed by atoms with Gasteiger partial charge < -0.3 is 14.2 Å². The van der Waals surface area contributed by atoms with Gasteiger partial charge in [0.05, 0.1) is 0 Å². The highest BCUT2D eigenvalue weighted by atomic mass is 16.6. The lowest BCUT2D eigenvalue weighted by molar-refractivity contribution is -0.167. The van der Waals surface area contributed by atoms with E-state index < -0.39 is 6.10 Å². The molecule has 0 radical (unpaired) electrons. The Morgan fingerprint density at radius 2 is 0.656 bits per heavy atom. The molecule has 61 heavy (non-hydrogen) atoms. The SMILES string of the molecule is CC/C=C\C/C=C\C/C=C\CCCCCCC(=O)OC(COC(=O)CCC/C=C\C/C=C\C/C=C\CCCCCCCC)COC(=O)CCCCCCCCCCCCCC. The highest BCUT2D eigenvalue weighted by molar-refractivity contribution is 5.71. The second-order valence-corrected chi connectivity index (χ2v) is 16.7. The number of allylic oxidation sites excluding steroid dienone is 12. The lowest BCUT2D eigenvalue weighted by Gasteiger charge is -2.18. The number of rotatable bonds is 45. The second-order valence-electron chi connectivity index (χ2n) is 16.7. The van der Waals surface area contributed by atoms with Crippen LogP contribution in [0.2, 0.25) is 0 Å². The van der Waals surface area contributed by atoms with E-state index in [0.717, 1.165) is 89.9 Å². The van der Waals surface area contributed by atoms with Crippen LogP contribution in [0.1, 0.15) is 239 Å². The summed E-state index contributed by atoms with van der Waals surface area (Å²) < 4.78 is 16.7. The standard InChI is InChI=1S/C55H94O6/c1-4-7-10-13-16-19-22-25-27-28-29-31-33-36-39-42-45-48-54(57)60-51-52(50-59-53(56)47-44-41-38-35-32-24-21-18-15-12-9-6-3)61-55(58)49-46-43-40-37-34-30-26-23-20-17-14-11-8-5-2/h8,11,17,20,25-27,29-31,36,39,52H,4-7,9-10,12-16,18-19,21-24,28,32-35,37-38,40-51H2,1-3H3/b11-8-,20-17-,27-25-,30-26-,31-29-,39-36-. The minimum Gasteiger partial charge on any atom is -0.462 e. The molecule has 6 nitrogen and oxygen atoms in total. The fourth-order valence-corrected chi connectivity index (χ4v) is 6.88. The first kappa shape index (κ1) is 57.9. The maximum absolute atomic E-state index is 12.8. The van der Waals surface area contributed by atoms with Gasteiger partial charge >= 0.3 is 17.9 Å². The molecule has 1 unspecified atom stereocenters. The van der Waals surface area contributed by atoms with Crippen LogP contribution in [-0.4, -0.2) is 37.2 Å². The van der Waals surface area contributed by atoms with Gasteiger partial charge in [0, 0.05) is 19.3 Å². The van der Waals surface area contributed by atoms with Crippen molar-refractivity contribution < 1.29 is 28.6 Å². The number of carbonyl (C=O) groups is 3. The highest BCUT2D eigenvalue weighted by Gasteiger charge is 2.19. The third-order valence-electron chi connectivity index (χ3n) is 10.7. The molecule has 0 aliphatic heterocycles. The average molecular weight is 851 g/mol. The number of esters is 3. The maximum Gasteiger partial charge on any atom is 0.306 e. The van der Waals surface area contributed by atoms with Gasteiger partial charge in [0.15, 0.2) is 6.10 Å². The van der Waals surface area contributed by atoms with Crippen LogP contribution in [0.3, 0.4) is 0 Å². The summed E-state index contributed by atoms with van der Waals surface area (Å²) in [7, 11) is 0. The quantitative estimate of drug-likeness (QED) is 0.0263. The smallest absolute Gasteiger partial charge is 0.306 e. The summed E-state index contributed by atoms with van der Waals surface area (Å²) in [6.45, 7) is 6.45. The molecule has 0 bridgehead atoms. The van der Waals surface area contributed by atoms with Gasteiger partial charge in [-0.25, -0.2) is 0 Å². The van der Waals surface area contributed by atoms with Crippen molar-refractivity contribution in [2.45, 2.75) is 245 Å². The van der Waals surface area contributed by atoms with Crippen LogP contribution in [0.25, 0.3) is 0 Å². The van der Waals surface area contributed by atoms with Gasteiger partial charge in [-0.3, -0.25) is 14.4 Å². The maximum atomic E-state index is 12.8. The summed E-state index contributed by atoms with van der Waals surface area (Å²) in [6, 6.07) is 0. The van der Waals surface area contributed by atoms with E-state index in [1.54, 1.807) is 0 Å². The number of ether oxygens (including phenoxy) is 3. The highest BCUT2D eigenvalue weighted by Crippen LogP contribution is 2.14. The topological polar surface area (TPSA) is 78.9 Å². The normalized spacial score (nSPS) is 12.6. The molecule has 0 heterocycles. The summed E-state index contributed by atoms with van der Waals surface area (Å²) in [5, 5.41) is 0. The Labute approximate surface area is 376 Å². The predicted octanol–water partition coefficient (Wildman–Crippen LogP) is 16.6. The monoisotopic (exact) mass is 851 g/mol. The van der Waals surface area contributed by atoms with E-state index in [1.807, 2.05) is 0 Å². The van der Waals surface area contributed by atoms with Crippen molar-refractivity contribution in [1.82, 2.24) is 0 Å². The minimum atomic E-state index is -0.804. The number of carbonyl (C=O) groups excluding carboxylic acids is 3. The van der Waals surface area contributed by atoms with Crippen molar-refractivity contribution in [2.24, 2.45) is 0 Å². The van der Waals surface area contributed by atoms with E-state index >= 15 is 0 Å². The molecule has 0 fully saturated rings.